The Hall–Kier alpha value is -1.07. The van der Waals surface area contributed by atoms with Crippen LogP contribution in [0, 0.1) is 19.8 Å². The number of rotatable bonds is 5. The van der Waals surface area contributed by atoms with Gasteiger partial charge in [-0.25, -0.2) is 8.42 Å². The number of nitrogens with two attached hydrogens (primary N) is 1. The average Bonchev–Trinajstić information content (AvgIpc) is 3.15. The van der Waals surface area contributed by atoms with Crippen molar-refractivity contribution < 1.29 is 8.42 Å². The second-order valence-electron chi connectivity index (χ2n) is 6.13. The molecule has 0 aliphatic heterocycles. The molecule has 0 atom stereocenters. The number of nitrogens with zero attached hydrogens (tertiary/aromatic N) is 1. The normalized spacial score (nSPS) is 16.1. The molecule has 20 heavy (non-hydrogen) atoms. The first-order valence-corrected chi connectivity index (χ1v) is 8.56. The highest BCUT2D eigenvalue weighted by molar-refractivity contribution is 7.89. The SMILES string of the molecule is Cc1ccc(N)c(C)c1S(=O)(=O)N(CC(C)C)C1CC1. The lowest BCUT2D eigenvalue weighted by atomic mass is 10.1. The van der Waals surface area contributed by atoms with Crippen LogP contribution in [0.5, 0.6) is 0 Å². The minimum Gasteiger partial charge on any atom is -0.398 e. The number of sulfonamides is 1. The molecule has 0 aromatic heterocycles. The van der Waals surface area contributed by atoms with Crippen molar-refractivity contribution in [3.05, 3.63) is 23.3 Å². The second kappa shape index (κ2) is 5.37. The van der Waals surface area contributed by atoms with Crippen molar-refractivity contribution in [2.24, 2.45) is 5.92 Å². The number of nitrogen functional groups attached to an aromatic ring is 1. The first kappa shape index (κ1) is 15.3. The van der Waals surface area contributed by atoms with Gasteiger partial charge in [-0.2, -0.15) is 4.31 Å². The summed E-state index contributed by atoms with van der Waals surface area (Å²) in [5, 5.41) is 0. The topological polar surface area (TPSA) is 63.4 Å². The Labute approximate surface area is 122 Å². The van der Waals surface area contributed by atoms with E-state index in [0.29, 0.717) is 28.6 Å². The Morgan fingerprint density at radius 2 is 1.90 bits per heavy atom. The molecule has 0 radical (unpaired) electrons. The summed E-state index contributed by atoms with van der Waals surface area (Å²) in [4.78, 5) is 0.394. The third-order valence-electron chi connectivity index (χ3n) is 3.71. The van der Waals surface area contributed by atoms with Gasteiger partial charge in [0, 0.05) is 18.3 Å². The molecule has 1 fully saturated rings. The first-order valence-electron chi connectivity index (χ1n) is 7.12. The monoisotopic (exact) mass is 296 g/mol. The van der Waals surface area contributed by atoms with Crippen LogP contribution >= 0.6 is 0 Å². The van der Waals surface area contributed by atoms with Crippen LogP contribution in [0.1, 0.15) is 37.8 Å². The van der Waals surface area contributed by atoms with Gasteiger partial charge < -0.3 is 5.73 Å². The van der Waals surface area contributed by atoms with Crippen LogP contribution in [0.3, 0.4) is 0 Å². The molecule has 1 aliphatic rings. The van der Waals surface area contributed by atoms with Crippen molar-refractivity contribution >= 4 is 15.7 Å². The lowest BCUT2D eigenvalue weighted by Crippen LogP contribution is -2.36. The predicted octanol–water partition coefficient (Wildman–Crippen LogP) is 2.69. The maximum absolute atomic E-state index is 13.0. The van der Waals surface area contributed by atoms with Gasteiger partial charge in [-0.1, -0.05) is 19.9 Å². The molecule has 0 amide bonds. The summed E-state index contributed by atoms with van der Waals surface area (Å²) < 4.78 is 27.7. The summed E-state index contributed by atoms with van der Waals surface area (Å²) in [5.41, 5.74) is 7.87. The molecule has 1 aromatic carbocycles. The maximum Gasteiger partial charge on any atom is 0.243 e. The fourth-order valence-electron chi connectivity index (χ4n) is 2.52. The van der Waals surface area contributed by atoms with Gasteiger partial charge in [-0.05, 0) is 49.8 Å². The highest BCUT2D eigenvalue weighted by atomic mass is 32.2. The van der Waals surface area contributed by atoms with Crippen LogP contribution in [0.25, 0.3) is 0 Å². The number of anilines is 1. The molecular formula is C15H24N2O2S. The van der Waals surface area contributed by atoms with Crippen LogP contribution in [-0.4, -0.2) is 25.3 Å². The summed E-state index contributed by atoms with van der Waals surface area (Å²) in [6, 6.07) is 3.73. The van der Waals surface area contributed by atoms with E-state index in [1.54, 1.807) is 23.4 Å². The highest BCUT2D eigenvalue weighted by Crippen LogP contribution is 2.35. The Balaban J connectivity index is 2.51. The van der Waals surface area contributed by atoms with E-state index in [4.69, 9.17) is 5.73 Å². The van der Waals surface area contributed by atoms with E-state index in [9.17, 15) is 8.42 Å². The zero-order chi connectivity index (χ0) is 15.1. The third kappa shape index (κ3) is 2.83. The Morgan fingerprint density at radius 3 is 2.40 bits per heavy atom. The van der Waals surface area contributed by atoms with E-state index in [-0.39, 0.29) is 6.04 Å². The summed E-state index contributed by atoms with van der Waals surface area (Å²) in [7, 11) is -3.46. The molecule has 112 valence electrons. The molecule has 4 nitrogen and oxygen atoms in total. The van der Waals surface area contributed by atoms with Crippen molar-refractivity contribution in [3.63, 3.8) is 0 Å². The van der Waals surface area contributed by atoms with E-state index in [1.807, 2.05) is 20.8 Å². The summed E-state index contributed by atoms with van der Waals surface area (Å²) in [6.45, 7) is 8.28. The van der Waals surface area contributed by atoms with Gasteiger partial charge in [0.15, 0.2) is 0 Å². The van der Waals surface area contributed by atoms with E-state index >= 15 is 0 Å². The minimum absolute atomic E-state index is 0.169. The number of benzene rings is 1. The molecule has 1 saturated carbocycles. The standard InChI is InChI=1S/C15H24N2O2S/c1-10(2)9-17(13-6-7-13)20(18,19)15-11(3)5-8-14(16)12(15)4/h5,8,10,13H,6-7,9,16H2,1-4H3. The average molecular weight is 296 g/mol. The van der Waals surface area contributed by atoms with Gasteiger partial charge >= 0.3 is 0 Å². The number of aryl methyl sites for hydroxylation is 1. The van der Waals surface area contributed by atoms with Crippen LogP contribution in [0.2, 0.25) is 0 Å². The van der Waals surface area contributed by atoms with Crippen LogP contribution in [-0.2, 0) is 10.0 Å². The van der Waals surface area contributed by atoms with E-state index in [1.165, 1.54) is 0 Å². The largest absolute Gasteiger partial charge is 0.398 e. The predicted molar refractivity (Wildman–Crippen MR) is 82.1 cm³/mol. The molecule has 0 bridgehead atoms. The molecule has 0 unspecified atom stereocenters. The molecule has 1 aromatic rings. The van der Waals surface area contributed by atoms with Crippen molar-refractivity contribution in [2.45, 2.75) is 51.5 Å². The number of hydrogen-bond donors (Lipinski definition) is 1. The molecule has 0 saturated heterocycles. The van der Waals surface area contributed by atoms with Crippen molar-refractivity contribution in [3.8, 4) is 0 Å². The van der Waals surface area contributed by atoms with Gasteiger partial charge in [0.2, 0.25) is 10.0 Å². The van der Waals surface area contributed by atoms with Crippen molar-refractivity contribution in [1.82, 2.24) is 4.31 Å². The second-order valence-corrected chi connectivity index (χ2v) is 7.95. The fourth-order valence-corrected chi connectivity index (χ4v) is 4.83. The van der Waals surface area contributed by atoms with E-state index in [2.05, 4.69) is 0 Å². The first-order chi connectivity index (χ1) is 9.25. The summed E-state index contributed by atoms with van der Waals surface area (Å²) in [6.07, 6.45) is 1.93. The maximum atomic E-state index is 13.0. The Kier molecular flexibility index (Phi) is 4.12. The molecule has 5 heteroatoms. The zero-order valence-corrected chi connectivity index (χ0v) is 13.5. The van der Waals surface area contributed by atoms with Gasteiger partial charge in [0.05, 0.1) is 4.90 Å². The van der Waals surface area contributed by atoms with Crippen LogP contribution in [0.4, 0.5) is 5.69 Å². The van der Waals surface area contributed by atoms with Crippen LogP contribution < -0.4 is 5.73 Å². The smallest absolute Gasteiger partial charge is 0.243 e. The van der Waals surface area contributed by atoms with Gasteiger partial charge in [0.25, 0.3) is 0 Å². The molecular weight excluding hydrogens is 272 g/mol. The van der Waals surface area contributed by atoms with E-state index < -0.39 is 10.0 Å². The molecule has 0 spiro atoms. The summed E-state index contributed by atoms with van der Waals surface area (Å²) >= 11 is 0. The molecule has 1 aliphatic carbocycles. The zero-order valence-electron chi connectivity index (χ0n) is 12.7. The lowest BCUT2D eigenvalue weighted by Gasteiger charge is -2.26. The fraction of sp³-hybridized carbons (Fsp3) is 0.600. The molecule has 0 heterocycles. The van der Waals surface area contributed by atoms with Crippen molar-refractivity contribution in [2.75, 3.05) is 12.3 Å². The number of hydrogen-bond acceptors (Lipinski definition) is 3. The Bertz CT molecular complexity index is 605. The quantitative estimate of drug-likeness (QED) is 0.850. The van der Waals surface area contributed by atoms with Crippen LogP contribution in [0.15, 0.2) is 17.0 Å². The van der Waals surface area contributed by atoms with E-state index in [0.717, 1.165) is 18.4 Å². The highest BCUT2D eigenvalue weighted by Gasteiger charge is 2.39. The third-order valence-corrected chi connectivity index (χ3v) is 5.92. The minimum atomic E-state index is -3.46. The van der Waals surface area contributed by atoms with Gasteiger partial charge in [-0.15, -0.1) is 0 Å². The van der Waals surface area contributed by atoms with Crippen molar-refractivity contribution in [1.29, 1.82) is 0 Å². The van der Waals surface area contributed by atoms with Gasteiger partial charge in [-0.3, -0.25) is 0 Å². The Morgan fingerprint density at radius 1 is 1.30 bits per heavy atom. The molecule has 2 rings (SSSR count). The lowest BCUT2D eigenvalue weighted by molar-refractivity contribution is 0.359. The molecule has 2 N–H and O–H groups in total. The summed E-state index contributed by atoms with van der Waals surface area (Å²) in [5.74, 6) is 0.312. The van der Waals surface area contributed by atoms with Gasteiger partial charge in [0.1, 0.15) is 0 Å².